The maximum atomic E-state index is 12.5. The van der Waals surface area contributed by atoms with Crippen LogP contribution in [-0.2, 0) is 14.6 Å². The third-order valence-electron chi connectivity index (χ3n) is 3.19. The predicted octanol–water partition coefficient (Wildman–Crippen LogP) is 2.58. The van der Waals surface area contributed by atoms with Crippen LogP contribution in [0.3, 0.4) is 0 Å². The number of halogens is 4. The van der Waals surface area contributed by atoms with Gasteiger partial charge in [0.1, 0.15) is 0 Å². The molecule has 0 N–H and O–H groups in total. The fraction of sp³-hybridized carbons (Fsp3) is 0.500. The molecule has 1 heterocycles. The highest BCUT2D eigenvalue weighted by molar-refractivity contribution is 9.09. The topological polar surface area (TPSA) is 46.6 Å². The van der Waals surface area contributed by atoms with Gasteiger partial charge in [0, 0.05) is 17.6 Å². The van der Waals surface area contributed by atoms with Crippen molar-refractivity contribution in [2.75, 3.05) is 30.0 Å². The van der Waals surface area contributed by atoms with Crippen molar-refractivity contribution in [1.82, 2.24) is 0 Å². The summed E-state index contributed by atoms with van der Waals surface area (Å²) in [5.74, 6) is 0. The molecule has 1 aliphatic heterocycles. The summed E-state index contributed by atoms with van der Waals surface area (Å²) in [6, 6.07) is 4.81. The van der Waals surface area contributed by atoms with Gasteiger partial charge in [-0.2, -0.15) is 13.2 Å². The Labute approximate surface area is 128 Å². The molecule has 0 spiro atoms. The lowest BCUT2D eigenvalue weighted by Crippen LogP contribution is -2.46. The van der Waals surface area contributed by atoms with Crippen molar-refractivity contribution in [3.05, 3.63) is 24.3 Å². The molecular formula is C12H13BrF3NO3S. The quantitative estimate of drug-likeness (QED) is 0.747. The molecule has 9 heteroatoms. The molecule has 1 unspecified atom stereocenters. The second-order valence-corrected chi connectivity index (χ2v) is 7.11. The SMILES string of the molecule is O=S(=O)(c1ccc(N2CCOCC2CBr)cc1)C(F)(F)F. The highest BCUT2D eigenvalue weighted by Crippen LogP contribution is 2.31. The molecule has 4 nitrogen and oxygen atoms in total. The Bertz CT molecular complexity index is 589. The standard InChI is InChI=1S/C12H13BrF3NO3S/c13-7-10-8-20-6-5-17(10)9-1-3-11(4-2-9)21(18,19)12(14,15)16/h1-4,10H,5-8H2. The minimum Gasteiger partial charge on any atom is -0.377 e. The van der Waals surface area contributed by atoms with Gasteiger partial charge in [0.15, 0.2) is 0 Å². The van der Waals surface area contributed by atoms with Gasteiger partial charge in [-0.15, -0.1) is 0 Å². The molecule has 0 saturated carbocycles. The summed E-state index contributed by atoms with van der Waals surface area (Å²) in [4.78, 5) is 1.23. The minimum absolute atomic E-state index is 0.0591. The van der Waals surface area contributed by atoms with E-state index in [1.165, 1.54) is 12.1 Å². The van der Waals surface area contributed by atoms with Crippen LogP contribution in [0.25, 0.3) is 0 Å². The van der Waals surface area contributed by atoms with E-state index in [4.69, 9.17) is 4.74 Å². The van der Waals surface area contributed by atoms with Gasteiger partial charge >= 0.3 is 5.51 Å². The first-order valence-corrected chi connectivity index (χ1v) is 8.69. The van der Waals surface area contributed by atoms with E-state index in [0.717, 1.165) is 12.1 Å². The van der Waals surface area contributed by atoms with Gasteiger partial charge in [-0.3, -0.25) is 0 Å². The van der Waals surface area contributed by atoms with E-state index < -0.39 is 20.2 Å². The summed E-state index contributed by atoms with van der Waals surface area (Å²) in [6.07, 6.45) is 0. The first kappa shape index (κ1) is 16.6. The summed E-state index contributed by atoms with van der Waals surface area (Å²) in [6.45, 7) is 1.63. The van der Waals surface area contributed by atoms with Crippen molar-refractivity contribution >= 4 is 31.5 Å². The predicted molar refractivity (Wildman–Crippen MR) is 75.4 cm³/mol. The van der Waals surface area contributed by atoms with E-state index >= 15 is 0 Å². The smallest absolute Gasteiger partial charge is 0.377 e. The van der Waals surface area contributed by atoms with Gasteiger partial charge in [0.25, 0.3) is 9.84 Å². The Hall–Kier alpha value is -0.800. The van der Waals surface area contributed by atoms with Crippen molar-refractivity contribution in [2.24, 2.45) is 0 Å². The highest BCUT2D eigenvalue weighted by Gasteiger charge is 2.46. The van der Waals surface area contributed by atoms with Crippen molar-refractivity contribution in [2.45, 2.75) is 16.4 Å². The molecule has 2 rings (SSSR count). The van der Waals surface area contributed by atoms with Gasteiger partial charge in [0.2, 0.25) is 0 Å². The average molecular weight is 388 g/mol. The molecule has 0 radical (unpaired) electrons. The van der Waals surface area contributed by atoms with Crippen molar-refractivity contribution < 1.29 is 26.3 Å². The molecule has 0 aromatic heterocycles. The molecule has 1 saturated heterocycles. The lowest BCUT2D eigenvalue weighted by atomic mass is 10.2. The van der Waals surface area contributed by atoms with E-state index in [-0.39, 0.29) is 6.04 Å². The minimum atomic E-state index is -5.30. The fourth-order valence-corrected chi connectivity index (χ4v) is 3.37. The molecule has 118 valence electrons. The molecule has 0 bridgehead atoms. The van der Waals surface area contributed by atoms with E-state index in [1.807, 2.05) is 4.90 Å². The maximum absolute atomic E-state index is 12.5. The number of alkyl halides is 4. The fourth-order valence-electron chi connectivity index (χ4n) is 2.07. The molecule has 1 aromatic rings. The van der Waals surface area contributed by atoms with Crippen molar-refractivity contribution in [1.29, 1.82) is 0 Å². The number of sulfone groups is 1. The number of nitrogens with zero attached hydrogens (tertiary/aromatic N) is 1. The van der Waals surface area contributed by atoms with E-state index in [9.17, 15) is 21.6 Å². The second kappa shape index (κ2) is 6.13. The number of ether oxygens (including phenoxy) is 1. The summed E-state index contributed by atoms with van der Waals surface area (Å²) in [5, 5.41) is 0.648. The number of rotatable bonds is 3. The Kier molecular flexibility index (Phi) is 4.84. The van der Waals surface area contributed by atoms with E-state index in [1.54, 1.807) is 0 Å². The van der Waals surface area contributed by atoms with Crippen LogP contribution >= 0.6 is 15.9 Å². The number of hydrogen-bond acceptors (Lipinski definition) is 4. The normalized spacial score (nSPS) is 20.6. The van der Waals surface area contributed by atoms with Crippen LogP contribution in [0, 0.1) is 0 Å². The molecular weight excluding hydrogens is 375 g/mol. The third-order valence-corrected chi connectivity index (χ3v) is 5.44. The molecule has 0 aliphatic carbocycles. The molecule has 1 fully saturated rings. The van der Waals surface area contributed by atoms with E-state index in [2.05, 4.69) is 15.9 Å². The maximum Gasteiger partial charge on any atom is 0.501 e. The largest absolute Gasteiger partial charge is 0.501 e. The van der Waals surface area contributed by atoms with Crippen LogP contribution in [-0.4, -0.2) is 45.1 Å². The van der Waals surface area contributed by atoms with Gasteiger partial charge in [0.05, 0.1) is 24.2 Å². The zero-order chi connectivity index (χ0) is 15.7. The van der Waals surface area contributed by atoms with Crippen molar-refractivity contribution in [3.63, 3.8) is 0 Å². The number of hydrogen-bond donors (Lipinski definition) is 0. The number of morpholine rings is 1. The molecule has 1 aromatic carbocycles. The highest BCUT2D eigenvalue weighted by atomic mass is 79.9. The zero-order valence-corrected chi connectivity index (χ0v) is 13.2. The van der Waals surface area contributed by atoms with Gasteiger partial charge in [-0.1, -0.05) is 15.9 Å². The molecule has 0 amide bonds. The lowest BCUT2D eigenvalue weighted by Gasteiger charge is -2.36. The molecule has 1 atom stereocenters. The average Bonchev–Trinajstić information content (AvgIpc) is 2.46. The first-order valence-electron chi connectivity index (χ1n) is 6.09. The first-order chi connectivity index (χ1) is 9.77. The van der Waals surface area contributed by atoms with Gasteiger partial charge < -0.3 is 9.64 Å². The van der Waals surface area contributed by atoms with Crippen LogP contribution in [0.5, 0.6) is 0 Å². The van der Waals surface area contributed by atoms with Gasteiger partial charge in [-0.25, -0.2) is 8.42 Å². The van der Waals surface area contributed by atoms with Crippen LogP contribution < -0.4 is 4.90 Å². The third kappa shape index (κ3) is 3.35. The van der Waals surface area contributed by atoms with Crippen LogP contribution in [0.2, 0.25) is 0 Å². The Morgan fingerprint density at radius 1 is 1.29 bits per heavy atom. The summed E-state index contributed by atoms with van der Waals surface area (Å²) in [7, 11) is -5.30. The Morgan fingerprint density at radius 3 is 2.43 bits per heavy atom. The Morgan fingerprint density at radius 2 is 1.90 bits per heavy atom. The van der Waals surface area contributed by atoms with Crippen LogP contribution in [0.1, 0.15) is 0 Å². The molecule has 21 heavy (non-hydrogen) atoms. The monoisotopic (exact) mass is 387 g/mol. The number of benzene rings is 1. The van der Waals surface area contributed by atoms with E-state index in [0.29, 0.717) is 30.8 Å². The Balaban J connectivity index is 2.27. The molecule has 1 aliphatic rings. The second-order valence-electron chi connectivity index (χ2n) is 4.52. The van der Waals surface area contributed by atoms with Crippen molar-refractivity contribution in [3.8, 4) is 0 Å². The summed E-state index contributed by atoms with van der Waals surface area (Å²) in [5.41, 5.74) is -4.62. The van der Waals surface area contributed by atoms with Crippen LogP contribution in [0.15, 0.2) is 29.2 Å². The zero-order valence-electron chi connectivity index (χ0n) is 10.8. The number of anilines is 1. The lowest BCUT2D eigenvalue weighted by molar-refractivity contribution is -0.0436. The van der Waals surface area contributed by atoms with Gasteiger partial charge in [-0.05, 0) is 24.3 Å². The van der Waals surface area contributed by atoms with Crippen LogP contribution in [0.4, 0.5) is 18.9 Å². The summed E-state index contributed by atoms with van der Waals surface area (Å²) < 4.78 is 65.3. The summed E-state index contributed by atoms with van der Waals surface area (Å²) >= 11 is 3.35.